The molecule has 2 aliphatic heterocycles. The van der Waals surface area contributed by atoms with Gasteiger partial charge in [-0.15, -0.1) is 0 Å². The number of nitrogens with zero attached hydrogens (tertiary/aromatic N) is 1. The van der Waals surface area contributed by atoms with Crippen LogP contribution in [-0.4, -0.2) is 49.5 Å². The van der Waals surface area contributed by atoms with E-state index in [0.29, 0.717) is 29.9 Å². The van der Waals surface area contributed by atoms with E-state index < -0.39 is 5.92 Å². The molecule has 27 heavy (non-hydrogen) atoms. The van der Waals surface area contributed by atoms with Gasteiger partial charge in [0, 0.05) is 37.8 Å². The largest absolute Gasteiger partial charge is 0.497 e. The number of ether oxygens (including phenoxy) is 1. The van der Waals surface area contributed by atoms with Gasteiger partial charge in [0.25, 0.3) is 0 Å². The maximum absolute atomic E-state index is 13.2. The Morgan fingerprint density at radius 3 is 2.89 bits per heavy atom. The molecular weight excluding hydrogens is 344 g/mol. The fraction of sp³-hybridized carbons (Fsp3) is 0.600. The first-order valence-electron chi connectivity index (χ1n) is 9.80. The molecule has 0 aromatic heterocycles. The molecule has 2 amide bonds. The van der Waals surface area contributed by atoms with Crippen LogP contribution in [0.15, 0.2) is 18.2 Å². The summed E-state index contributed by atoms with van der Waals surface area (Å²) in [6.45, 7) is 0.643. The van der Waals surface area contributed by atoms with E-state index in [9.17, 15) is 9.59 Å². The van der Waals surface area contributed by atoms with Crippen LogP contribution in [0.25, 0.3) is 0 Å². The van der Waals surface area contributed by atoms with E-state index in [1.165, 1.54) is 25.7 Å². The zero-order valence-electron chi connectivity index (χ0n) is 16.0. The molecular formula is C20H28N4O3. The van der Waals surface area contributed by atoms with Crippen LogP contribution in [0.4, 0.5) is 5.69 Å². The number of carbonyl (C=O) groups is 2. The van der Waals surface area contributed by atoms with Gasteiger partial charge in [0.05, 0.1) is 13.0 Å². The number of nitrogens with one attached hydrogen (secondary N) is 3. The Balaban J connectivity index is 1.50. The first-order chi connectivity index (χ1) is 13.1. The quantitative estimate of drug-likeness (QED) is 0.748. The predicted octanol–water partition coefficient (Wildman–Crippen LogP) is 1.61. The van der Waals surface area contributed by atoms with Gasteiger partial charge >= 0.3 is 0 Å². The minimum absolute atomic E-state index is 0.0135. The van der Waals surface area contributed by atoms with Crippen molar-refractivity contribution in [2.75, 3.05) is 26.0 Å². The number of rotatable bonds is 4. The number of anilines is 1. The Bertz CT molecular complexity index is 738. The van der Waals surface area contributed by atoms with Crippen LogP contribution in [0.5, 0.6) is 5.75 Å². The molecule has 146 valence electrons. The second-order valence-corrected chi connectivity index (χ2v) is 7.93. The van der Waals surface area contributed by atoms with Gasteiger partial charge in [-0.25, -0.2) is 0 Å². The lowest BCUT2D eigenvalue weighted by Crippen LogP contribution is -2.45. The lowest BCUT2D eigenvalue weighted by molar-refractivity contribution is -0.134. The van der Waals surface area contributed by atoms with Gasteiger partial charge in [0.2, 0.25) is 11.8 Å². The van der Waals surface area contributed by atoms with Crippen molar-refractivity contribution < 1.29 is 14.3 Å². The maximum Gasteiger partial charge on any atom is 0.230 e. The summed E-state index contributed by atoms with van der Waals surface area (Å²) in [7, 11) is 3.44. The highest BCUT2D eigenvalue weighted by Gasteiger charge is 2.39. The molecule has 4 atom stereocenters. The van der Waals surface area contributed by atoms with Crippen LogP contribution in [0, 0.1) is 5.92 Å². The zero-order chi connectivity index (χ0) is 19.0. The summed E-state index contributed by atoms with van der Waals surface area (Å²) in [5.41, 5.74) is 8.32. The van der Waals surface area contributed by atoms with Crippen LogP contribution in [0.1, 0.15) is 43.6 Å². The zero-order valence-corrected chi connectivity index (χ0v) is 16.0. The first kappa shape index (κ1) is 18.3. The van der Waals surface area contributed by atoms with Crippen LogP contribution < -0.4 is 20.9 Å². The van der Waals surface area contributed by atoms with Crippen molar-refractivity contribution in [3.63, 3.8) is 0 Å². The van der Waals surface area contributed by atoms with Crippen LogP contribution in [0.3, 0.4) is 0 Å². The number of amides is 2. The number of benzene rings is 1. The monoisotopic (exact) mass is 372 g/mol. The number of hydrogen-bond donors (Lipinski definition) is 3. The van der Waals surface area contributed by atoms with E-state index in [-0.39, 0.29) is 24.3 Å². The molecule has 0 radical (unpaired) electrons. The standard InChI is InChI=1S/C20H28N4O3/c1-24(11-18-13-5-3-4-6-17(13)22-23-18)20(26)15-10-19(25)21-16-8-7-12(27-2)9-14(15)16/h7-9,13,15,17-18,22-23H,3-6,10-11H2,1-2H3,(H,21,25). The number of hydrazine groups is 1. The molecule has 0 bridgehead atoms. The molecule has 1 aromatic rings. The Labute approximate surface area is 159 Å². The summed E-state index contributed by atoms with van der Waals surface area (Å²) in [6.07, 6.45) is 5.10. The molecule has 4 unspecified atom stereocenters. The first-order valence-corrected chi connectivity index (χ1v) is 9.80. The van der Waals surface area contributed by atoms with Crippen molar-refractivity contribution >= 4 is 17.5 Å². The van der Waals surface area contributed by atoms with E-state index in [4.69, 9.17) is 4.74 Å². The molecule has 1 aromatic carbocycles. The highest BCUT2D eigenvalue weighted by atomic mass is 16.5. The van der Waals surface area contributed by atoms with Gasteiger partial charge < -0.3 is 15.0 Å². The third-order valence-electron chi connectivity index (χ3n) is 6.23. The molecule has 2 fully saturated rings. The summed E-state index contributed by atoms with van der Waals surface area (Å²) in [5.74, 6) is 0.659. The Kier molecular flexibility index (Phi) is 5.06. The Morgan fingerprint density at radius 1 is 1.26 bits per heavy atom. The molecule has 0 spiro atoms. The van der Waals surface area contributed by atoms with E-state index in [1.54, 1.807) is 24.1 Å². The highest BCUT2D eigenvalue weighted by Crippen LogP contribution is 2.36. The molecule has 3 aliphatic rings. The average molecular weight is 372 g/mol. The summed E-state index contributed by atoms with van der Waals surface area (Å²) in [6, 6.07) is 6.23. The fourth-order valence-corrected chi connectivity index (χ4v) is 4.76. The van der Waals surface area contributed by atoms with Gasteiger partial charge in [0.1, 0.15) is 5.75 Å². The van der Waals surface area contributed by atoms with Crippen LogP contribution in [0.2, 0.25) is 0 Å². The minimum atomic E-state index is -0.467. The second kappa shape index (κ2) is 7.48. The molecule has 7 heteroatoms. The number of methoxy groups -OCH3 is 1. The molecule has 1 saturated carbocycles. The van der Waals surface area contributed by atoms with Crippen molar-refractivity contribution in [1.82, 2.24) is 15.8 Å². The normalized spacial score (nSPS) is 29.5. The van der Waals surface area contributed by atoms with Gasteiger partial charge in [-0.3, -0.25) is 20.4 Å². The smallest absolute Gasteiger partial charge is 0.230 e. The van der Waals surface area contributed by atoms with Crippen molar-refractivity contribution in [2.45, 2.75) is 50.1 Å². The molecule has 2 heterocycles. The van der Waals surface area contributed by atoms with Crippen molar-refractivity contribution in [1.29, 1.82) is 0 Å². The molecule has 4 rings (SSSR count). The predicted molar refractivity (Wildman–Crippen MR) is 102 cm³/mol. The summed E-state index contributed by atoms with van der Waals surface area (Å²) in [4.78, 5) is 27.1. The number of carbonyl (C=O) groups excluding carboxylic acids is 2. The van der Waals surface area contributed by atoms with Gasteiger partial charge in [-0.1, -0.05) is 12.8 Å². The second-order valence-electron chi connectivity index (χ2n) is 7.93. The number of hydrogen-bond acceptors (Lipinski definition) is 5. The van der Waals surface area contributed by atoms with E-state index >= 15 is 0 Å². The lowest BCUT2D eigenvalue weighted by atomic mass is 9.81. The van der Waals surface area contributed by atoms with Crippen LogP contribution >= 0.6 is 0 Å². The SMILES string of the molecule is COc1ccc2c(c1)C(C(=O)N(C)CC1NNC3CCCCC31)CC(=O)N2. The van der Waals surface area contributed by atoms with Crippen molar-refractivity contribution in [3.8, 4) is 5.75 Å². The number of fused-ring (bicyclic) bond motifs is 2. The van der Waals surface area contributed by atoms with Crippen molar-refractivity contribution in [2.24, 2.45) is 5.92 Å². The van der Waals surface area contributed by atoms with Gasteiger partial charge in [-0.05, 0) is 42.5 Å². The molecule has 1 saturated heterocycles. The van der Waals surface area contributed by atoms with Crippen LogP contribution in [-0.2, 0) is 9.59 Å². The Morgan fingerprint density at radius 2 is 2.07 bits per heavy atom. The number of likely N-dealkylation sites (N-methyl/N-ethyl adjacent to an activating group) is 1. The van der Waals surface area contributed by atoms with Gasteiger partial charge in [0.15, 0.2) is 0 Å². The lowest BCUT2D eigenvalue weighted by Gasteiger charge is -2.32. The molecule has 1 aliphatic carbocycles. The molecule has 7 nitrogen and oxygen atoms in total. The van der Waals surface area contributed by atoms with E-state index in [0.717, 1.165) is 5.56 Å². The van der Waals surface area contributed by atoms with Crippen molar-refractivity contribution in [3.05, 3.63) is 23.8 Å². The third kappa shape index (κ3) is 3.53. The summed E-state index contributed by atoms with van der Waals surface area (Å²) >= 11 is 0. The summed E-state index contributed by atoms with van der Waals surface area (Å²) in [5, 5.41) is 2.86. The minimum Gasteiger partial charge on any atom is -0.497 e. The third-order valence-corrected chi connectivity index (χ3v) is 6.23. The highest BCUT2D eigenvalue weighted by molar-refractivity contribution is 6.01. The van der Waals surface area contributed by atoms with Gasteiger partial charge in [-0.2, -0.15) is 0 Å². The van der Waals surface area contributed by atoms with E-state index in [1.807, 2.05) is 13.1 Å². The summed E-state index contributed by atoms with van der Waals surface area (Å²) < 4.78 is 5.31. The topological polar surface area (TPSA) is 82.7 Å². The molecule has 3 N–H and O–H groups in total. The van der Waals surface area contributed by atoms with E-state index in [2.05, 4.69) is 16.2 Å². The maximum atomic E-state index is 13.2. The fourth-order valence-electron chi connectivity index (χ4n) is 4.76. The average Bonchev–Trinajstić information content (AvgIpc) is 3.09. The Hall–Kier alpha value is -2.12.